The summed E-state index contributed by atoms with van der Waals surface area (Å²) in [4.78, 5) is 0. The van der Waals surface area contributed by atoms with E-state index in [1.807, 2.05) is 25.1 Å². The molecule has 0 radical (unpaired) electrons. The largest absolute Gasteiger partial charge is 0.383 e. The number of nitrogen functional groups attached to an aromatic ring is 1. The number of nitrogens with two attached hydrogens (primary N) is 1. The summed E-state index contributed by atoms with van der Waals surface area (Å²) in [5.41, 5.74) is 7.93. The molecule has 84 valence electrons. The zero-order valence-corrected chi connectivity index (χ0v) is 11.2. The van der Waals surface area contributed by atoms with Crippen molar-refractivity contribution in [2.24, 2.45) is 0 Å². The van der Waals surface area contributed by atoms with Crippen LogP contribution < -0.4 is 11.1 Å². The van der Waals surface area contributed by atoms with Gasteiger partial charge >= 0.3 is 0 Å². The topological polar surface area (TPSA) is 50.9 Å². The molecule has 5 heteroatoms. The molecule has 0 amide bonds. The number of nitrogens with one attached hydrogen (secondary N) is 1. The summed E-state index contributed by atoms with van der Waals surface area (Å²) in [6, 6.07) is 8.14. The van der Waals surface area contributed by atoms with Crippen molar-refractivity contribution in [3.05, 3.63) is 39.9 Å². The Bertz CT molecular complexity index is 496. The minimum Gasteiger partial charge on any atom is -0.383 e. The fraction of sp³-hybridized carbons (Fsp3) is 0.182. The van der Waals surface area contributed by atoms with E-state index in [9.17, 15) is 0 Å². The molecule has 0 bridgehead atoms. The molecule has 0 unspecified atom stereocenters. The van der Waals surface area contributed by atoms with Crippen LogP contribution in [0.25, 0.3) is 0 Å². The van der Waals surface area contributed by atoms with E-state index < -0.39 is 0 Å². The van der Waals surface area contributed by atoms with Gasteiger partial charge in [-0.3, -0.25) is 0 Å². The van der Waals surface area contributed by atoms with E-state index in [1.54, 1.807) is 0 Å². The highest BCUT2D eigenvalue weighted by Crippen LogP contribution is 2.26. The number of nitrogens with zero attached hydrogens (tertiary/aromatic N) is 1. The zero-order chi connectivity index (χ0) is 11.5. The van der Waals surface area contributed by atoms with Crippen LogP contribution in [0.2, 0.25) is 0 Å². The Morgan fingerprint density at radius 1 is 1.44 bits per heavy atom. The minimum atomic E-state index is 0.611. The van der Waals surface area contributed by atoms with Crippen LogP contribution in [0.3, 0.4) is 0 Å². The number of anilines is 2. The summed E-state index contributed by atoms with van der Waals surface area (Å²) in [5, 5.41) is 4.37. The molecule has 1 aromatic carbocycles. The van der Waals surface area contributed by atoms with Crippen molar-refractivity contribution in [2.75, 3.05) is 11.1 Å². The number of aromatic nitrogens is 1. The van der Waals surface area contributed by atoms with Gasteiger partial charge < -0.3 is 11.1 Å². The molecule has 16 heavy (non-hydrogen) atoms. The van der Waals surface area contributed by atoms with E-state index in [4.69, 9.17) is 5.73 Å². The van der Waals surface area contributed by atoms with E-state index in [0.717, 1.165) is 21.6 Å². The van der Waals surface area contributed by atoms with Crippen LogP contribution in [0.15, 0.2) is 28.7 Å². The average molecular weight is 298 g/mol. The van der Waals surface area contributed by atoms with Crippen LogP contribution in [-0.2, 0) is 6.54 Å². The first-order valence-electron chi connectivity index (χ1n) is 4.87. The van der Waals surface area contributed by atoms with Gasteiger partial charge in [-0.2, -0.15) is 4.37 Å². The summed E-state index contributed by atoms with van der Waals surface area (Å²) in [5.74, 6) is 0.611. The van der Waals surface area contributed by atoms with Gasteiger partial charge in [-0.1, -0.05) is 34.1 Å². The maximum absolute atomic E-state index is 5.69. The zero-order valence-electron chi connectivity index (χ0n) is 8.83. The summed E-state index contributed by atoms with van der Waals surface area (Å²) >= 11 is 4.92. The summed E-state index contributed by atoms with van der Waals surface area (Å²) in [6.07, 6.45) is 0. The molecule has 0 saturated carbocycles. The highest BCUT2D eigenvalue weighted by molar-refractivity contribution is 9.10. The molecule has 0 spiro atoms. The van der Waals surface area contributed by atoms with Gasteiger partial charge in [0.2, 0.25) is 0 Å². The molecule has 2 rings (SSSR count). The summed E-state index contributed by atoms with van der Waals surface area (Å²) < 4.78 is 5.21. The average Bonchev–Trinajstić information content (AvgIpc) is 2.59. The van der Waals surface area contributed by atoms with Gasteiger partial charge in [0.1, 0.15) is 10.8 Å². The third kappa shape index (κ3) is 2.36. The van der Waals surface area contributed by atoms with E-state index in [1.165, 1.54) is 17.1 Å². The van der Waals surface area contributed by atoms with Crippen molar-refractivity contribution in [1.29, 1.82) is 0 Å². The van der Waals surface area contributed by atoms with Gasteiger partial charge in [0.15, 0.2) is 0 Å². The second-order valence-corrected chi connectivity index (χ2v) is 5.09. The SMILES string of the molecule is Cc1c(N)nsc1NCc1ccccc1Br. The van der Waals surface area contributed by atoms with Crippen molar-refractivity contribution in [3.8, 4) is 0 Å². The Morgan fingerprint density at radius 3 is 2.81 bits per heavy atom. The van der Waals surface area contributed by atoms with Gasteiger partial charge in [0.05, 0.1) is 0 Å². The molecular formula is C11H12BrN3S. The molecule has 0 fully saturated rings. The number of rotatable bonds is 3. The smallest absolute Gasteiger partial charge is 0.142 e. The first-order chi connectivity index (χ1) is 7.68. The molecule has 0 saturated heterocycles. The highest BCUT2D eigenvalue weighted by atomic mass is 79.9. The second kappa shape index (κ2) is 4.84. The van der Waals surface area contributed by atoms with Gasteiger partial charge in [-0.15, -0.1) is 0 Å². The number of halogens is 1. The number of hydrogen-bond acceptors (Lipinski definition) is 4. The molecule has 0 aliphatic heterocycles. The second-order valence-electron chi connectivity index (χ2n) is 3.47. The molecular weight excluding hydrogens is 286 g/mol. The third-order valence-corrected chi connectivity index (χ3v) is 4.05. The quantitative estimate of drug-likeness (QED) is 0.913. The van der Waals surface area contributed by atoms with Crippen LogP contribution in [-0.4, -0.2) is 4.37 Å². The summed E-state index contributed by atoms with van der Waals surface area (Å²) in [7, 11) is 0. The molecule has 0 aliphatic carbocycles. The minimum absolute atomic E-state index is 0.611. The van der Waals surface area contributed by atoms with E-state index in [-0.39, 0.29) is 0 Å². The fourth-order valence-electron chi connectivity index (χ4n) is 1.33. The summed E-state index contributed by atoms with van der Waals surface area (Å²) in [6.45, 7) is 2.74. The fourth-order valence-corrected chi connectivity index (χ4v) is 2.46. The van der Waals surface area contributed by atoms with Gasteiger partial charge in [0, 0.05) is 16.6 Å². The Balaban J connectivity index is 2.08. The Hall–Kier alpha value is -1.07. The third-order valence-electron chi connectivity index (χ3n) is 2.36. The molecule has 0 aliphatic rings. The highest BCUT2D eigenvalue weighted by Gasteiger charge is 2.06. The van der Waals surface area contributed by atoms with E-state index in [2.05, 4.69) is 31.7 Å². The van der Waals surface area contributed by atoms with Crippen molar-refractivity contribution in [2.45, 2.75) is 13.5 Å². The van der Waals surface area contributed by atoms with Crippen LogP contribution in [0.5, 0.6) is 0 Å². The van der Waals surface area contributed by atoms with E-state index in [0.29, 0.717) is 5.82 Å². The van der Waals surface area contributed by atoms with Crippen molar-refractivity contribution in [3.63, 3.8) is 0 Å². The van der Waals surface area contributed by atoms with Crippen LogP contribution in [0.1, 0.15) is 11.1 Å². The standard InChI is InChI=1S/C11H12BrN3S/c1-7-10(13)15-16-11(7)14-6-8-4-2-3-5-9(8)12/h2-5,14H,6H2,1H3,(H2,13,15). The van der Waals surface area contributed by atoms with Gasteiger partial charge in [-0.25, -0.2) is 0 Å². The van der Waals surface area contributed by atoms with Crippen LogP contribution in [0.4, 0.5) is 10.8 Å². The lowest BCUT2D eigenvalue weighted by Crippen LogP contribution is -1.99. The predicted octanol–water partition coefficient (Wildman–Crippen LogP) is 3.41. The molecule has 2 aromatic rings. The molecule has 0 atom stereocenters. The van der Waals surface area contributed by atoms with Gasteiger partial charge in [-0.05, 0) is 30.1 Å². The monoisotopic (exact) mass is 297 g/mol. The van der Waals surface area contributed by atoms with Crippen LogP contribution >= 0.6 is 27.5 Å². The van der Waals surface area contributed by atoms with Crippen molar-refractivity contribution in [1.82, 2.24) is 4.37 Å². The lowest BCUT2D eigenvalue weighted by Gasteiger charge is -2.06. The molecule has 1 heterocycles. The maximum Gasteiger partial charge on any atom is 0.142 e. The lowest BCUT2D eigenvalue weighted by atomic mass is 10.2. The molecule has 3 N–H and O–H groups in total. The number of hydrogen-bond donors (Lipinski definition) is 2. The normalized spacial score (nSPS) is 10.4. The lowest BCUT2D eigenvalue weighted by molar-refractivity contribution is 1.14. The first-order valence-corrected chi connectivity index (χ1v) is 6.44. The van der Waals surface area contributed by atoms with Crippen LogP contribution in [0, 0.1) is 6.92 Å². The van der Waals surface area contributed by atoms with Crippen molar-refractivity contribution >= 4 is 38.3 Å². The van der Waals surface area contributed by atoms with E-state index >= 15 is 0 Å². The Morgan fingerprint density at radius 2 is 2.19 bits per heavy atom. The predicted molar refractivity (Wildman–Crippen MR) is 72.7 cm³/mol. The molecule has 1 aromatic heterocycles. The molecule has 3 nitrogen and oxygen atoms in total. The Labute approximate surface area is 107 Å². The first kappa shape index (κ1) is 11.4. The van der Waals surface area contributed by atoms with Crippen molar-refractivity contribution < 1.29 is 0 Å². The Kier molecular flexibility index (Phi) is 3.46. The maximum atomic E-state index is 5.69. The van der Waals surface area contributed by atoms with Gasteiger partial charge in [0.25, 0.3) is 0 Å². The number of benzene rings is 1.